The lowest BCUT2D eigenvalue weighted by molar-refractivity contribution is -0.139. The first-order chi connectivity index (χ1) is 21.0. The molecule has 0 radical (unpaired) electrons. The maximum atomic E-state index is 13.7. The number of aromatic nitrogens is 3. The van der Waals surface area contributed by atoms with Gasteiger partial charge in [-0.05, 0) is 42.2 Å². The molecule has 10 heteroatoms. The molecule has 220 valence electrons. The molecule has 2 amide bonds. The van der Waals surface area contributed by atoms with E-state index in [0.717, 1.165) is 68.1 Å². The normalized spacial score (nSPS) is 15.9. The van der Waals surface area contributed by atoms with Gasteiger partial charge in [-0.2, -0.15) is 5.10 Å². The summed E-state index contributed by atoms with van der Waals surface area (Å²) in [5.41, 5.74) is 3.91. The first-order valence-corrected chi connectivity index (χ1v) is 14.6. The number of hydrogen-bond donors (Lipinski definition) is 2. The SMILES string of the molecule is O=C(NC1CC1)C(=O)[C@@H](Cc1ccc(CN2CCOCC2)cc1)NC(=O)c1cccnc1-n1ccc(-c2ccccc2)n1. The Morgan fingerprint density at radius 2 is 1.65 bits per heavy atom. The van der Waals surface area contributed by atoms with E-state index in [-0.39, 0.29) is 18.0 Å². The Morgan fingerprint density at radius 1 is 0.907 bits per heavy atom. The van der Waals surface area contributed by atoms with Crippen LogP contribution in [0.3, 0.4) is 0 Å². The Labute approximate surface area is 250 Å². The Balaban J connectivity index is 1.20. The van der Waals surface area contributed by atoms with Crippen molar-refractivity contribution in [1.29, 1.82) is 0 Å². The molecular formula is C33H34N6O4. The third kappa shape index (κ3) is 7.22. The molecule has 2 aromatic heterocycles. The molecule has 2 fully saturated rings. The number of morpholine rings is 1. The van der Waals surface area contributed by atoms with Gasteiger partial charge >= 0.3 is 0 Å². The molecule has 0 spiro atoms. The van der Waals surface area contributed by atoms with Crippen molar-refractivity contribution < 1.29 is 19.1 Å². The molecular weight excluding hydrogens is 544 g/mol. The first kappa shape index (κ1) is 28.4. The first-order valence-electron chi connectivity index (χ1n) is 14.6. The molecule has 10 nitrogen and oxygen atoms in total. The van der Waals surface area contributed by atoms with Crippen molar-refractivity contribution in [1.82, 2.24) is 30.3 Å². The average Bonchev–Trinajstić information content (AvgIpc) is 3.73. The predicted molar refractivity (Wildman–Crippen MR) is 160 cm³/mol. The van der Waals surface area contributed by atoms with Gasteiger partial charge in [0.2, 0.25) is 5.78 Å². The summed E-state index contributed by atoms with van der Waals surface area (Å²) in [4.78, 5) is 46.5. The fraction of sp³-hybridized carbons (Fsp3) is 0.303. The number of rotatable bonds is 11. The maximum absolute atomic E-state index is 13.7. The van der Waals surface area contributed by atoms with Gasteiger partial charge in [0, 0.05) is 50.1 Å². The van der Waals surface area contributed by atoms with E-state index >= 15 is 0 Å². The maximum Gasteiger partial charge on any atom is 0.289 e. The molecule has 0 bridgehead atoms. The smallest absolute Gasteiger partial charge is 0.289 e. The van der Waals surface area contributed by atoms with Crippen molar-refractivity contribution in [3.63, 3.8) is 0 Å². The van der Waals surface area contributed by atoms with Gasteiger partial charge in [-0.1, -0.05) is 54.6 Å². The van der Waals surface area contributed by atoms with E-state index in [1.165, 1.54) is 0 Å². The van der Waals surface area contributed by atoms with Gasteiger partial charge in [-0.3, -0.25) is 19.3 Å². The summed E-state index contributed by atoms with van der Waals surface area (Å²) in [5.74, 6) is -1.54. The average molecular weight is 579 g/mol. The zero-order chi connectivity index (χ0) is 29.6. The highest BCUT2D eigenvalue weighted by molar-refractivity contribution is 6.38. The third-order valence-electron chi connectivity index (χ3n) is 7.64. The van der Waals surface area contributed by atoms with Crippen LogP contribution in [0.4, 0.5) is 0 Å². The minimum Gasteiger partial charge on any atom is -0.379 e. The molecule has 1 aliphatic heterocycles. The van der Waals surface area contributed by atoms with Gasteiger partial charge in [0.25, 0.3) is 11.8 Å². The van der Waals surface area contributed by atoms with Crippen LogP contribution in [-0.2, 0) is 27.3 Å². The summed E-state index contributed by atoms with van der Waals surface area (Å²) >= 11 is 0. The van der Waals surface area contributed by atoms with Crippen molar-refractivity contribution in [2.24, 2.45) is 0 Å². The molecule has 1 atom stereocenters. The highest BCUT2D eigenvalue weighted by atomic mass is 16.5. The molecule has 6 rings (SSSR count). The van der Waals surface area contributed by atoms with Gasteiger partial charge in [-0.15, -0.1) is 0 Å². The number of carbonyl (C=O) groups excluding carboxylic acids is 3. The van der Waals surface area contributed by atoms with Gasteiger partial charge in [0.1, 0.15) is 6.04 Å². The van der Waals surface area contributed by atoms with E-state index in [0.29, 0.717) is 5.82 Å². The summed E-state index contributed by atoms with van der Waals surface area (Å²) in [7, 11) is 0. The second kappa shape index (κ2) is 13.1. The molecule has 4 aromatic rings. The highest BCUT2D eigenvalue weighted by Crippen LogP contribution is 2.20. The van der Waals surface area contributed by atoms with Crippen LogP contribution in [0.5, 0.6) is 0 Å². The predicted octanol–water partition coefficient (Wildman–Crippen LogP) is 2.96. The number of carbonyl (C=O) groups is 3. The fourth-order valence-electron chi connectivity index (χ4n) is 5.08. The summed E-state index contributed by atoms with van der Waals surface area (Å²) in [5, 5.41) is 10.2. The van der Waals surface area contributed by atoms with Gasteiger partial charge in [-0.25, -0.2) is 9.67 Å². The number of benzene rings is 2. The number of ketones is 1. The van der Waals surface area contributed by atoms with Crippen LogP contribution in [0.2, 0.25) is 0 Å². The monoisotopic (exact) mass is 578 g/mol. The molecule has 1 aliphatic carbocycles. The Bertz CT molecular complexity index is 1580. The number of amides is 2. The molecule has 1 saturated carbocycles. The molecule has 0 unspecified atom stereocenters. The van der Waals surface area contributed by atoms with Gasteiger partial charge in [0.15, 0.2) is 5.82 Å². The van der Waals surface area contributed by atoms with Crippen LogP contribution in [0.1, 0.15) is 34.3 Å². The standard InChI is InChI=1S/C33H34N6O4/c40-30(33(42)35-26-12-13-26)29(21-23-8-10-24(11-9-23)22-38-17-19-43-20-18-38)36-32(41)27-7-4-15-34-31(27)39-16-14-28(37-39)25-5-2-1-3-6-25/h1-11,14-16,26,29H,12-13,17-22H2,(H,35,42)(H,36,41)/t29-/m1/s1. The molecule has 2 N–H and O–H groups in total. The van der Waals surface area contributed by atoms with Crippen molar-refractivity contribution in [3.05, 3.63) is 102 Å². The number of Topliss-reactive ketones (excluding diaryl/α,β-unsaturated/α-hetero) is 1. The molecule has 2 aliphatic rings. The van der Waals surface area contributed by atoms with Crippen LogP contribution >= 0.6 is 0 Å². The molecule has 43 heavy (non-hydrogen) atoms. The fourth-order valence-corrected chi connectivity index (χ4v) is 5.08. The van der Waals surface area contributed by atoms with E-state index in [2.05, 4.69) is 25.6 Å². The Hall–Kier alpha value is -4.67. The van der Waals surface area contributed by atoms with E-state index in [9.17, 15) is 14.4 Å². The van der Waals surface area contributed by atoms with E-state index in [1.54, 1.807) is 29.2 Å². The van der Waals surface area contributed by atoms with Crippen molar-refractivity contribution in [3.8, 4) is 17.1 Å². The van der Waals surface area contributed by atoms with Crippen LogP contribution < -0.4 is 10.6 Å². The van der Waals surface area contributed by atoms with Crippen molar-refractivity contribution in [2.45, 2.75) is 37.9 Å². The summed E-state index contributed by atoms with van der Waals surface area (Å²) in [6.45, 7) is 4.07. The van der Waals surface area contributed by atoms with Crippen LogP contribution in [0.25, 0.3) is 17.1 Å². The van der Waals surface area contributed by atoms with Gasteiger partial charge < -0.3 is 15.4 Å². The van der Waals surface area contributed by atoms with E-state index < -0.39 is 23.6 Å². The summed E-state index contributed by atoms with van der Waals surface area (Å²) in [6.07, 6.45) is 5.21. The summed E-state index contributed by atoms with van der Waals surface area (Å²) < 4.78 is 6.98. The largest absolute Gasteiger partial charge is 0.379 e. The number of ether oxygens (including phenoxy) is 1. The lowest BCUT2D eigenvalue weighted by Crippen LogP contribution is -2.49. The van der Waals surface area contributed by atoms with Gasteiger partial charge in [0.05, 0.1) is 24.5 Å². The number of nitrogens with one attached hydrogen (secondary N) is 2. The lowest BCUT2D eigenvalue weighted by atomic mass is 10.00. The van der Waals surface area contributed by atoms with Crippen molar-refractivity contribution in [2.75, 3.05) is 26.3 Å². The van der Waals surface area contributed by atoms with Crippen molar-refractivity contribution >= 4 is 17.6 Å². The minimum absolute atomic E-state index is 0.0239. The highest BCUT2D eigenvalue weighted by Gasteiger charge is 2.32. The zero-order valence-electron chi connectivity index (χ0n) is 23.8. The van der Waals surface area contributed by atoms with Crippen LogP contribution in [0.15, 0.2) is 85.2 Å². The molecule has 3 heterocycles. The van der Waals surface area contributed by atoms with Crippen LogP contribution in [0, 0.1) is 0 Å². The van der Waals surface area contributed by atoms with E-state index in [4.69, 9.17) is 4.74 Å². The zero-order valence-corrected chi connectivity index (χ0v) is 23.8. The quantitative estimate of drug-likeness (QED) is 0.263. The topological polar surface area (TPSA) is 118 Å². The summed E-state index contributed by atoms with van der Waals surface area (Å²) in [6, 6.07) is 21.8. The Morgan fingerprint density at radius 3 is 2.40 bits per heavy atom. The molecule has 1 saturated heterocycles. The van der Waals surface area contributed by atoms with Crippen LogP contribution in [-0.4, -0.2) is 75.6 Å². The minimum atomic E-state index is -1.05. The second-order valence-electron chi connectivity index (χ2n) is 10.9. The molecule has 2 aromatic carbocycles. The Kier molecular flexibility index (Phi) is 8.67. The number of pyridine rings is 1. The number of hydrogen-bond acceptors (Lipinski definition) is 7. The lowest BCUT2D eigenvalue weighted by Gasteiger charge is -2.26. The number of nitrogens with zero attached hydrogens (tertiary/aromatic N) is 4. The second-order valence-corrected chi connectivity index (χ2v) is 10.9. The third-order valence-corrected chi connectivity index (χ3v) is 7.64. The van der Waals surface area contributed by atoms with E-state index in [1.807, 2.05) is 60.7 Å².